The van der Waals surface area contributed by atoms with Crippen molar-refractivity contribution in [1.29, 1.82) is 5.26 Å². The summed E-state index contributed by atoms with van der Waals surface area (Å²) >= 11 is 0. The predicted molar refractivity (Wildman–Crippen MR) is 59.8 cm³/mol. The molecule has 0 saturated heterocycles. The van der Waals surface area contributed by atoms with Crippen LogP contribution >= 0.6 is 0 Å². The second kappa shape index (κ2) is 4.77. The zero-order valence-electron chi connectivity index (χ0n) is 10.1. The fourth-order valence-corrected chi connectivity index (χ4v) is 1.37. The highest BCUT2D eigenvalue weighted by atomic mass is 15.1. The van der Waals surface area contributed by atoms with E-state index in [1.165, 1.54) is 0 Å². The highest BCUT2D eigenvalue weighted by molar-refractivity contribution is 5.01. The summed E-state index contributed by atoms with van der Waals surface area (Å²) in [5, 5.41) is 8.75. The minimum Gasteiger partial charge on any atom is -0.314 e. The van der Waals surface area contributed by atoms with Gasteiger partial charge in [0.15, 0.2) is 0 Å². The Balaban J connectivity index is 3.88. The van der Waals surface area contributed by atoms with Gasteiger partial charge >= 0.3 is 0 Å². The van der Waals surface area contributed by atoms with E-state index in [-0.39, 0.29) is 0 Å². The van der Waals surface area contributed by atoms with Gasteiger partial charge in [0.1, 0.15) is 5.54 Å². The van der Waals surface area contributed by atoms with Crippen molar-refractivity contribution in [2.45, 2.75) is 39.7 Å². The van der Waals surface area contributed by atoms with E-state index in [1.54, 1.807) is 6.92 Å². The SMILES string of the molecule is CN(CCC(C)(N)C#N)CC(C)(C)C. The monoisotopic (exact) mass is 197 g/mol. The standard InChI is InChI=1S/C11H23N3/c1-10(2,3)9-14(5)7-6-11(4,13)8-12/h6-7,9,13H2,1-5H3. The van der Waals surface area contributed by atoms with Gasteiger partial charge in [-0.3, -0.25) is 0 Å². The molecule has 0 bridgehead atoms. The van der Waals surface area contributed by atoms with E-state index in [4.69, 9.17) is 11.0 Å². The number of rotatable bonds is 4. The Kier molecular flexibility index (Phi) is 4.57. The van der Waals surface area contributed by atoms with Crippen LogP contribution in [0.1, 0.15) is 34.1 Å². The molecule has 0 aliphatic carbocycles. The van der Waals surface area contributed by atoms with Crippen LogP contribution in [0.4, 0.5) is 0 Å². The van der Waals surface area contributed by atoms with Gasteiger partial charge in [0.25, 0.3) is 0 Å². The van der Waals surface area contributed by atoms with Gasteiger partial charge in [0.05, 0.1) is 6.07 Å². The average molecular weight is 197 g/mol. The molecule has 0 spiro atoms. The van der Waals surface area contributed by atoms with Crippen LogP contribution in [0.5, 0.6) is 0 Å². The molecule has 0 heterocycles. The van der Waals surface area contributed by atoms with Crippen molar-refractivity contribution in [3.63, 3.8) is 0 Å². The molecule has 1 atom stereocenters. The van der Waals surface area contributed by atoms with Gasteiger partial charge in [-0.05, 0) is 25.8 Å². The van der Waals surface area contributed by atoms with Crippen molar-refractivity contribution >= 4 is 0 Å². The maximum absolute atomic E-state index is 8.75. The quantitative estimate of drug-likeness (QED) is 0.744. The minimum atomic E-state index is -0.688. The molecule has 0 aliphatic rings. The van der Waals surface area contributed by atoms with Gasteiger partial charge in [-0.25, -0.2) is 0 Å². The van der Waals surface area contributed by atoms with Crippen LogP contribution in [-0.4, -0.2) is 30.6 Å². The number of nitriles is 1. The molecule has 0 aromatic carbocycles. The van der Waals surface area contributed by atoms with E-state index in [9.17, 15) is 0 Å². The van der Waals surface area contributed by atoms with Crippen LogP contribution < -0.4 is 5.73 Å². The molecule has 0 fully saturated rings. The average Bonchev–Trinajstić information content (AvgIpc) is 1.98. The number of nitrogens with zero attached hydrogens (tertiary/aromatic N) is 2. The van der Waals surface area contributed by atoms with Gasteiger partial charge in [0, 0.05) is 13.1 Å². The summed E-state index contributed by atoms with van der Waals surface area (Å²) in [5.41, 5.74) is 5.35. The number of hydrogen-bond donors (Lipinski definition) is 1. The van der Waals surface area contributed by atoms with E-state index in [0.717, 1.165) is 19.5 Å². The first-order chi connectivity index (χ1) is 6.16. The van der Waals surface area contributed by atoms with Gasteiger partial charge < -0.3 is 10.6 Å². The lowest BCUT2D eigenvalue weighted by molar-refractivity contribution is 0.217. The molecule has 0 rings (SSSR count). The molecule has 14 heavy (non-hydrogen) atoms. The Hall–Kier alpha value is -0.590. The summed E-state index contributed by atoms with van der Waals surface area (Å²) in [5.74, 6) is 0. The van der Waals surface area contributed by atoms with Crippen LogP contribution in [0.2, 0.25) is 0 Å². The largest absolute Gasteiger partial charge is 0.314 e. The lowest BCUT2D eigenvalue weighted by atomic mass is 9.95. The lowest BCUT2D eigenvalue weighted by Crippen LogP contribution is -2.39. The Bertz CT molecular complexity index is 208. The highest BCUT2D eigenvalue weighted by Gasteiger charge is 2.19. The molecule has 3 nitrogen and oxygen atoms in total. The molecule has 3 heteroatoms. The zero-order valence-corrected chi connectivity index (χ0v) is 10.1. The van der Waals surface area contributed by atoms with Crippen molar-refractivity contribution in [2.24, 2.45) is 11.1 Å². The van der Waals surface area contributed by atoms with Gasteiger partial charge in [-0.2, -0.15) is 5.26 Å². The molecule has 0 amide bonds. The lowest BCUT2D eigenvalue weighted by Gasteiger charge is -2.28. The Morgan fingerprint density at radius 1 is 1.29 bits per heavy atom. The second-order valence-electron chi connectivity index (χ2n) is 5.58. The third kappa shape index (κ3) is 6.88. The summed E-state index contributed by atoms with van der Waals surface area (Å²) in [6.07, 6.45) is 0.718. The molecule has 0 saturated carbocycles. The fourth-order valence-electron chi connectivity index (χ4n) is 1.37. The van der Waals surface area contributed by atoms with Crippen molar-refractivity contribution in [3.8, 4) is 6.07 Å². The summed E-state index contributed by atoms with van der Waals surface area (Å²) in [6, 6.07) is 2.11. The van der Waals surface area contributed by atoms with Crippen molar-refractivity contribution < 1.29 is 0 Å². The van der Waals surface area contributed by atoms with Crippen LogP contribution in [0.25, 0.3) is 0 Å². The van der Waals surface area contributed by atoms with E-state index in [2.05, 4.69) is 38.8 Å². The Labute approximate surface area is 87.9 Å². The minimum absolute atomic E-state index is 0.298. The van der Waals surface area contributed by atoms with Crippen molar-refractivity contribution in [1.82, 2.24) is 4.90 Å². The second-order valence-corrected chi connectivity index (χ2v) is 5.58. The van der Waals surface area contributed by atoms with Crippen LogP contribution in [-0.2, 0) is 0 Å². The molecule has 0 aliphatic heterocycles. The topological polar surface area (TPSA) is 53.0 Å². The van der Waals surface area contributed by atoms with E-state index >= 15 is 0 Å². The van der Waals surface area contributed by atoms with Gasteiger partial charge in [-0.15, -0.1) is 0 Å². The maximum atomic E-state index is 8.75. The van der Waals surface area contributed by atoms with E-state index in [1.807, 2.05) is 0 Å². The van der Waals surface area contributed by atoms with Crippen molar-refractivity contribution in [2.75, 3.05) is 20.1 Å². The molecule has 0 aromatic heterocycles. The summed E-state index contributed by atoms with van der Waals surface area (Å²) in [7, 11) is 2.07. The molecule has 0 radical (unpaired) electrons. The van der Waals surface area contributed by atoms with Crippen molar-refractivity contribution in [3.05, 3.63) is 0 Å². The third-order valence-electron chi connectivity index (χ3n) is 2.01. The Morgan fingerprint density at radius 3 is 2.14 bits per heavy atom. The molecular formula is C11H23N3. The fraction of sp³-hybridized carbons (Fsp3) is 0.909. The Morgan fingerprint density at radius 2 is 1.79 bits per heavy atom. The smallest absolute Gasteiger partial charge is 0.102 e. The van der Waals surface area contributed by atoms with Gasteiger partial charge in [-0.1, -0.05) is 20.8 Å². The van der Waals surface area contributed by atoms with Crippen LogP contribution in [0, 0.1) is 16.7 Å². The maximum Gasteiger partial charge on any atom is 0.102 e. The number of nitrogens with two attached hydrogens (primary N) is 1. The summed E-state index contributed by atoms with van der Waals surface area (Å²) in [4.78, 5) is 2.22. The first-order valence-corrected chi connectivity index (χ1v) is 5.05. The van der Waals surface area contributed by atoms with Crippen LogP contribution in [0.3, 0.4) is 0 Å². The zero-order chi connectivity index (χ0) is 11.4. The van der Waals surface area contributed by atoms with Crippen LogP contribution in [0.15, 0.2) is 0 Å². The number of hydrogen-bond acceptors (Lipinski definition) is 3. The summed E-state index contributed by atoms with van der Waals surface area (Å²) in [6.45, 7) is 10.3. The molecular weight excluding hydrogens is 174 g/mol. The molecule has 1 unspecified atom stereocenters. The predicted octanol–water partition coefficient (Wildman–Crippen LogP) is 1.60. The van der Waals surface area contributed by atoms with E-state index in [0.29, 0.717) is 5.41 Å². The first-order valence-electron chi connectivity index (χ1n) is 5.05. The highest BCUT2D eigenvalue weighted by Crippen LogP contribution is 2.15. The molecule has 0 aromatic rings. The molecule has 2 N–H and O–H groups in total. The first kappa shape index (κ1) is 13.4. The molecule has 82 valence electrons. The van der Waals surface area contributed by atoms with E-state index < -0.39 is 5.54 Å². The summed E-state index contributed by atoms with van der Waals surface area (Å²) < 4.78 is 0. The normalized spacial score (nSPS) is 16.4. The third-order valence-corrected chi connectivity index (χ3v) is 2.01. The van der Waals surface area contributed by atoms with Gasteiger partial charge in [0.2, 0.25) is 0 Å².